The van der Waals surface area contributed by atoms with Crippen LogP contribution in [-0.4, -0.2) is 56.6 Å². The molecule has 0 atom stereocenters. The molecule has 0 aromatic rings. The molecule has 0 radical (unpaired) electrons. The molecule has 1 saturated heterocycles. The summed E-state index contributed by atoms with van der Waals surface area (Å²) in [6.07, 6.45) is 2.06. The van der Waals surface area contributed by atoms with Crippen LogP contribution in [0.1, 0.15) is 12.8 Å². The van der Waals surface area contributed by atoms with Crippen molar-refractivity contribution in [1.29, 1.82) is 0 Å². The molecule has 1 rings (SSSR count). The molecule has 1 fully saturated rings. The number of piperidine rings is 1. The topological polar surface area (TPSA) is 84.7 Å². The third-order valence-electron chi connectivity index (χ3n) is 3.09. The standard InChI is InChI=1S/C11H21N3O3/c1-17-7-6-14-4-2-9(3-5-14)8-13-11(16)10(12)15/h9H,2-8H2,1H3,(H2,12,15)(H,13,16). The van der Waals surface area contributed by atoms with E-state index in [0.29, 0.717) is 12.5 Å². The molecule has 1 heterocycles. The third-order valence-corrected chi connectivity index (χ3v) is 3.09. The van der Waals surface area contributed by atoms with E-state index in [1.807, 2.05) is 0 Å². The first-order valence-corrected chi connectivity index (χ1v) is 5.92. The number of hydrogen-bond donors (Lipinski definition) is 2. The summed E-state index contributed by atoms with van der Waals surface area (Å²) in [5.41, 5.74) is 4.86. The lowest BCUT2D eigenvalue weighted by atomic mass is 9.97. The fraction of sp³-hybridized carbons (Fsp3) is 0.818. The number of carbonyl (C=O) groups excluding carboxylic acids is 2. The molecule has 2 amide bonds. The Kier molecular flexibility index (Phi) is 5.93. The van der Waals surface area contributed by atoms with Crippen molar-refractivity contribution < 1.29 is 14.3 Å². The molecular formula is C11H21N3O3. The van der Waals surface area contributed by atoms with Gasteiger partial charge in [0.2, 0.25) is 0 Å². The summed E-state index contributed by atoms with van der Waals surface area (Å²) in [5.74, 6) is -1.16. The molecule has 6 nitrogen and oxygen atoms in total. The Morgan fingerprint density at radius 3 is 2.59 bits per heavy atom. The van der Waals surface area contributed by atoms with Gasteiger partial charge in [-0.25, -0.2) is 0 Å². The van der Waals surface area contributed by atoms with Crippen LogP contribution in [0.2, 0.25) is 0 Å². The molecule has 3 N–H and O–H groups in total. The maximum atomic E-state index is 11.0. The van der Waals surface area contributed by atoms with E-state index in [4.69, 9.17) is 10.5 Å². The normalized spacial score (nSPS) is 17.9. The number of amides is 2. The number of hydrogen-bond acceptors (Lipinski definition) is 4. The van der Waals surface area contributed by atoms with Crippen LogP contribution in [-0.2, 0) is 14.3 Å². The third kappa shape index (κ3) is 5.14. The molecule has 0 spiro atoms. The molecule has 98 valence electrons. The number of nitrogens with one attached hydrogen (secondary N) is 1. The van der Waals surface area contributed by atoms with E-state index in [2.05, 4.69) is 10.2 Å². The molecule has 0 aliphatic carbocycles. The van der Waals surface area contributed by atoms with Crippen LogP contribution in [0.15, 0.2) is 0 Å². The van der Waals surface area contributed by atoms with Crippen LogP contribution < -0.4 is 11.1 Å². The van der Waals surface area contributed by atoms with Gasteiger partial charge in [-0.2, -0.15) is 0 Å². The molecule has 0 aromatic heterocycles. The van der Waals surface area contributed by atoms with Crippen molar-refractivity contribution in [1.82, 2.24) is 10.2 Å². The Morgan fingerprint density at radius 1 is 1.41 bits per heavy atom. The number of rotatable bonds is 5. The van der Waals surface area contributed by atoms with Crippen LogP contribution in [0.5, 0.6) is 0 Å². The first-order valence-electron chi connectivity index (χ1n) is 5.92. The summed E-state index contributed by atoms with van der Waals surface area (Å²) < 4.78 is 5.03. The Hall–Kier alpha value is -1.14. The lowest BCUT2D eigenvalue weighted by Gasteiger charge is -2.31. The zero-order chi connectivity index (χ0) is 12.7. The quantitative estimate of drug-likeness (QED) is 0.603. The van der Waals surface area contributed by atoms with Gasteiger partial charge in [0.1, 0.15) is 0 Å². The van der Waals surface area contributed by atoms with Gasteiger partial charge in [0.05, 0.1) is 6.61 Å². The van der Waals surface area contributed by atoms with Crippen LogP contribution >= 0.6 is 0 Å². The van der Waals surface area contributed by atoms with Crippen molar-refractivity contribution in [2.45, 2.75) is 12.8 Å². The van der Waals surface area contributed by atoms with Gasteiger partial charge in [0.15, 0.2) is 0 Å². The van der Waals surface area contributed by atoms with Gasteiger partial charge in [-0.3, -0.25) is 9.59 Å². The summed E-state index contributed by atoms with van der Waals surface area (Å²) in [7, 11) is 1.70. The first kappa shape index (κ1) is 13.9. The molecular weight excluding hydrogens is 222 g/mol. The molecule has 1 aliphatic heterocycles. The molecule has 6 heteroatoms. The van der Waals surface area contributed by atoms with Gasteiger partial charge < -0.3 is 20.7 Å². The Labute approximate surface area is 101 Å². The highest BCUT2D eigenvalue weighted by Gasteiger charge is 2.20. The number of nitrogens with zero attached hydrogens (tertiary/aromatic N) is 1. The van der Waals surface area contributed by atoms with Crippen molar-refractivity contribution in [3.63, 3.8) is 0 Å². The second kappa shape index (κ2) is 7.24. The van der Waals surface area contributed by atoms with E-state index in [9.17, 15) is 9.59 Å². The van der Waals surface area contributed by atoms with Gasteiger partial charge in [-0.1, -0.05) is 0 Å². The van der Waals surface area contributed by atoms with E-state index in [1.54, 1.807) is 7.11 Å². The van der Waals surface area contributed by atoms with Crippen molar-refractivity contribution in [3.05, 3.63) is 0 Å². The average molecular weight is 243 g/mol. The minimum Gasteiger partial charge on any atom is -0.383 e. The van der Waals surface area contributed by atoms with Gasteiger partial charge in [0.25, 0.3) is 0 Å². The summed E-state index contributed by atoms with van der Waals surface area (Å²) in [4.78, 5) is 23.9. The van der Waals surface area contributed by atoms with Gasteiger partial charge in [-0.05, 0) is 31.8 Å². The highest BCUT2D eigenvalue weighted by molar-refractivity contribution is 6.34. The average Bonchev–Trinajstić information content (AvgIpc) is 2.34. The Balaban J connectivity index is 2.14. The maximum Gasteiger partial charge on any atom is 0.309 e. The first-order chi connectivity index (χ1) is 8.13. The molecule has 0 unspecified atom stereocenters. The van der Waals surface area contributed by atoms with Crippen LogP contribution in [0.4, 0.5) is 0 Å². The fourth-order valence-electron chi connectivity index (χ4n) is 1.96. The lowest BCUT2D eigenvalue weighted by Crippen LogP contribution is -2.42. The number of methoxy groups -OCH3 is 1. The largest absolute Gasteiger partial charge is 0.383 e. The summed E-state index contributed by atoms with van der Waals surface area (Å²) in [5, 5.41) is 2.55. The van der Waals surface area contributed by atoms with Crippen LogP contribution in [0.3, 0.4) is 0 Å². The minimum absolute atomic E-state index is 0.442. The Bertz CT molecular complexity index is 263. The summed E-state index contributed by atoms with van der Waals surface area (Å²) in [6, 6.07) is 0. The SMILES string of the molecule is COCCN1CCC(CNC(=O)C(N)=O)CC1. The van der Waals surface area contributed by atoms with E-state index >= 15 is 0 Å². The van der Waals surface area contributed by atoms with E-state index in [0.717, 1.165) is 39.1 Å². The Morgan fingerprint density at radius 2 is 2.06 bits per heavy atom. The second-order valence-corrected chi connectivity index (χ2v) is 4.35. The highest BCUT2D eigenvalue weighted by Crippen LogP contribution is 2.15. The zero-order valence-corrected chi connectivity index (χ0v) is 10.3. The summed E-state index contributed by atoms with van der Waals surface area (Å²) >= 11 is 0. The number of ether oxygens (including phenoxy) is 1. The lowest BCUT2D eigenvalue weighted by molar-refractivity contribution is -0.137. The van der Waals surface area contributed by atoms with Crippen molar-refractivity contribution in [3.8, 4) is 0 Å². The zero-order valence-electron chi connectivity index (χ0n) is 10.3. The van der Waals surface area contributed by atoms with Gasteiger partial charge in [0, 0.05) is 20.2 Å². The number of primary amides is 1. The summed E-state index contributed by atoms with van der Waals surface area (Å²) in [6.45, 7) is 4.28. The minimum atomic E-state index is -0.914. The number of likely N-dealkylation sites (tertiary alicyclic amines) is 1. The smallest absolute Gasteiger partial charge is 0.309 e. The van der Waals surface area contributed by atoms with Gasteiger partial charge in [-0.15, -0.1) is 0 Å². The molecule has 0 bridgehead atoms. The van der Waals surface area contributed by atoms with E-state index < -0.39 is 11.8 Å². The second-order valence-electron chi connectivity index (χ2n) is 4.35. The molecule has 0 aromatic carbocycles. The van der Waals surface area contributed by atoms with Crippen molar-refractivity contribution in [2.75, 3.05) is 39.9 Å². The highest BCUT2D eigenvalue weighted by atomic mass is 16.5. The van der Waals surface area contributed by atoms with Crippen molar-refractivity contribution in [2.24, 2.45) is 11.7 Å². The number of carbonyl (C=O) groups is 2. The van der Waals surface area contributed by atoms with Crippen LogP contribution in [0, 0.1) is 5.92 Å². The maximum absolute atomic E-state index is 11.0. The fourth-order valence-corrected chi connectivity index (χ4v) is 1.96. The predicted molar refractivity (Wildman–Crippen MR) is 63.2 cm³/mol. The molecule has 17 heavy (non-hydrogen) atoms. The van der Waals surface area contributed by atoms with Gasteiger partial charge >= 0.3 is 11.8 Å². The predicted octanol–water partition coefficient (Wildman–Crippen LogP) is -1.05. The van der Waals surface area contributed by atoms with Crippen LogP contribution in [0.25, 0.3) is 0 Å². The van der Waals surface area contributed by atoms with E-state index in [-0.39, 0.29) is 0 Å². The number of nitrogens with two attached hydrogens (primary N) is 1. The van der Waals surface area contributed by atoms with E-state index in [1.165, 1.54) is 0 Å². The van der Waals surface area contributed by atoms with Crippen molar-refractivity contribution >= 4 is 11.8 Å². The molecule has 1 aliphatic rings. The monoisotopic (exact) mass is 243 g/mol. The molecule has 0 saturated carbocycles.